The van der Waals surface area contributed by atoms with Crippen molar-refractivity contribution in [2.45, 2.75) is 11.8 Å². The first-order chi connectivity index (χ1) is 28.2. The average molecular weight is 746 g/mol. The number of hydrogen-bond acceptors (Lipinski definition) is 6. The molecular weight excluding hydrogens is 715 g/mol. The second-order valence-electron chi connectivity index (χ2n) is 14.8. The summed E-state index contributed by atoms with van der Waals surface area (Å²) in [5.41, 5.74) is 15.5. The van der Waals surface area contributed by atoms with Crippen LogP contribution in [0.1, 0.15) is 45.2 Å². The molecule has 3 aliphatic carbocycles. The Morgan fingerprint density at radius 3 is 1.70 bits per heavy atom. The summed E-state index contributed by atoms with van der Waals surface area (Å²) in [5, 5.41) is 11.0. The first kappa shape index (κ1) is 32.1. The summed E-state index contributed by atoms with van der Waals surface area (Å²) < 4.78 is 2.44. The van der Waals surface area contributed by atoms with E-state index in [9.17, 15) is 0 Å². The molecule has 0 amide bonds. The van der Waals surface area contributed by atoms with E-state index in [1.807, 2.05) is 30.3 Å². The smallest absolute Gasteiger partial charge is 0.165 e. The van der Waals surface area contributed by atoms with Gasteiger partial charge in [-0.05, 0) is 80.9 Å². The third-order valence-corrected chi connectivity index (χ3v) is 12.9. The van der Waals surface area contributed by atoms with Crippen LogP contribution in [0.25, 0.3) is 76.7 Å². The van der Waals surface area contributed by atoms with Crippen molar-refractivity contribution >= 4 is 31.5 Å². The second-order valence-corrected chi connectivity index (χ2v) is 15.9. The molecule has 2 atom stereocenters. The van der Waals surface area contributed by atoms with Gasteiger partial charge < -0.3 is 0 Å². The van der Waals surface area contributed by atoms with Crippen LogP contribution in [-0.2, 0) is 0 Å². The first-order valence-corrected chi connectivity index (χ1v) is 20.0. The van der Waals surface area contributed by atoms with E-state index in [2.05, 4.69) is 150 Å². The molecule has 0 radical (unpaired) electrons. The zero-order valence-electron chi connectivity index (χ0n) is 30.5. The Kier molecular flexibility index (Phi) is 7.16. The largest absolute Gasteiger partial charge is 0.208 e. The number of nitrogens with zero attached hydrogens (tertiary/aromatic N) is 5. The Bertz CT molecular complexity index is 3190. The van der Waals surface area contributed by atoms with Crippen molar-refractivity contribution < 1.29 is 0 Å². The predicted molar refractivity (Wildman–Crippen MR) is 230 cm³/mol. The van der Waals surface area contributed by atoms with Gasteiger partial charge in [0.15, 0.2) is 17.5 Å². The summed E-state index contributed by atoms with van der Waals surface area (Å²) >= 11 is 1.79. The van der Waals surface area contributed by atoms with Gasteiger partial charge >= 0.3 is 0 Å². The minimum Gasteiger partial charge on any atom is -0.208 e. The van der Waals surface area contributed by atoms with Crippen LogP contribution in [0.15, 0.2) is 176 Å². The molecule has 2 bridgehead atoms. The maximum Gasteiger partial charge on any atom is 0.165 e. The molecule has 7 aromatic carbocycles. The lowest BCUT2D eigenvalue weighted by molar-refractivity contribution is 0.755. The standard InChI is InChI=1S/C51H31N5S/c1-2-10-31(11-3-1)49-53-50(55-51(54-49)41-16-8-15-40-35-12-6-7-18-45(35)57-48(40)41)32-21-19-30(20-22-32)33-23-25-38-42(28-33)46-36-13-4-5-14-37(36)47(38)43-29-34(24-26-39(43)46)44-17-9-27-52-56-44/h1-29,46-47H. The number of hydrogen-bond donors (Lipinski definition) is 0. The van der Waals surface area contributed by atoms with Gasteiger partial charge in [-0.3, -0.25) is 0 Å². The fourth-order valence-electron chi connectivity index (χ4n) is 9.09. The fraction of sp³-hybridized carbons (Fsp3) is 0.0392. The van der Waals surface area contributed by atoms with Crippen LogP contribution in [0.2, 0.25) is 0 Å². The number of rotatable bonds is 5. The molecular formula is C51H31N5S. The van der Waals surface area contributed by atoms with Crippen molar-refractivity contribution in [1.82, 2.24) is 25.1 Å². The van der Waals surface area contributed by atoms with Gasteiger partial charge in [-0.2, -0.15) is 10.2 Å². The lowest BCUT2D eigenvalue weighted by Crippen LogP contribution is -2.27. The molecule has 266 valence electrons. The Morgan fingerprint density at radius 1 is 0.386 bits per heavy atom. The van der Waals surface area contributed by atoms with Crippen molar-refractivity contribution in [2.24, 2.45) is 0 Å². The van der Waals surface area contributed by atoms with Crippen molar-refractivity contribution in [3.8, 4) is 56.5 Å². The summed E-state index contributed by atoms with van der Waals surface area (Å²) in [6, 6.07) is 60.7. The van der Waals surface area contributed by atoms with Gasteiger partial charge in [-0.15, -0.1) is 11.3 Å². The van der Waals surface area contributed by atoms with E-state index in [1.165, 1.54) is 59.1 Å². The second kappa shape index (κ2) is 12.7. The summed E-state index contributed by atoms with van der Waals surface area (Å²) in [6.07, 6.45) is 1.72. The number of thiophene rings is 1. The Morgan fingerprint density at radius 2 is 0.965 bits per heavy atom. The highest BCUT2D eigenvalue weighted by molar-refractivity contribution is 7.26. The van der Waals surface area contributed by atoms with Crippen LogP contribution in [0, 0.1) is 0 Å². The number of aromatic nitrogens is 5. The van der Waals surface area contributed by atoms with E-state index in [0.29, 0.717) is 17.5 Å². The quantitative estimate of drug-likeness (QED) is 0.175. The van der Waals surface area contributed by atoms with Crippen molar-refractivity contribution in [3.63, 3.8) is 0 Å². The van der Waals surface area contributed by atoms with E-state index in [-0.39, 0.29) is 11.8 Å². The molecule has 0 spiro atoms. The molecule has 3 aliphatic rings. The van der Waals surface area contributed by atoms with Gasteiger partial charge in [0.1, 0.15) is 0 Å². The van der Waals surface area contributed by atoms with Crippen molar-refractivity contribution in [3.05, 3.63) is 209 Å². The van der Waals surface area contributed by atoms with Crippen LogP contribution in [0.3, 0.4) is 0 Å². The molecule has 6 heteroatoms. The molecule has 2 unspecified atom stereocenters. The van der Waals surface area contributed by atoms with Gasteiger partial charge in [0.25, 0.3) is 0 Å². The molecule has 57 heavy (non-hydrogen) atoms. The SMILES string of the molecule is c1ccc(-c2nc(-c3ccc(-c4ccc5c(c4)C4c6ccccc6C5c5cc(-c6cccnn6)ccc54)cc3)nc(-c3cccc4c3sc3ccccc34)n2)cc1. The Labute approximate surface area is 333 Å². The van der Waals surface area contributed by atoms with Crippen LogP contribution in [0.5, 0.6) is 0 Å². The summed E-state index contributed by atoms with van der Waals surface area (Å²) in [5.74, 6) is 2.32. The van der Waals surface area contributed by atoms with E-state index < -0.39 is 0 Å². The predicted octanol–water partition coefficient (Wildman–Crippen LogP) is 12.4. The molecule has 5 nitrogen and oxygen atoms in total. The Balaban J connectivity index is 0.937. The molecule has 0 N–H and O–H groups in total. The maximum atomic E-state index is 5.15. The van der Waals surface area contributed by atoms with Gasteiger partial charge in [0, 0.05) is 60.5 Å². The normalized spacial score (nSPS) is 15.0. The molecule has 0 aliphatic heterocycles. The molecule has 13 rings (SSSR count). The summed E-state index contributed by atoms with van der Waals surface area (Å²) in [4.78, 5) is 15.3. The van der Waals surface area contributed by atoms with E-state index in [4.69, 9.17) is 15.0 Å². The van der Waals surface area contributed by atoms with Crippen molar-refractivity contribution in [2.75, 3.05) is 0 Å². The van der Waals surface area contributed by atoms with E-state index >= 15 is 0 Å². The van der Waals surface area contributed by atoms with Crippen molar-refractivity contribution in [1.29, 1.82) is 0 Å². The van der Waals surface area contributed by atoms with Gasteiger partial charge in [0.05, 0.1) is 5.69 Å². The fourth-order valence-corrected chi connectivity index (χ4v) is 10.3. The number of fused-ring (bicyclic) bond motifs is 3. The highest BCUT2D eigenvalue weighted by Crippen LogP contribution is 2.56. The van der Waals surface area contributed by atoms with Gasteiger partial charge in [-0.1, -0.05) is 133 Å². The molecule has 3 heterocycles. The highest BCUT2D eigenvalue weighted by Gasteiger charge is 2.41. The monoisotopic (exact) mass is 745 g/mol. The van der Waals surface area contributed by atoms with Crippen LogP contribution < -0.4 is 0 Å². The van der Waals surface area contributed by atoms with Crippen LogP contribution in [-0.4, -0.2) is 25.1 Å². The maximum absolute atomic E-state index is 5.15. The van der Waals surface area contributed by atoms with Crippen LogP contribution in [0.4, 0.5) is 0 Å². The third-order valence-electron chi connectivity index (χ3n) is 11.7. The number of benzene rings is 7. The molecule has 10 aromatic rings. The van der Waals surface area contributed by atoms with E-state index in [1.54, 1.807) is 17.5 Å². The molecule has 3 aromatic heterocycles. The molecule has 0 saturated carbocycles. The van der Waals surface area contributed by atoms with Crippen LogP contribution >= 0.6 is 11.3 Å². The lowest BCUT2D eigenvalue weighted by Gasteiger charge is -2.42. The molecule has 0 fully saturated rings. The minimum absolute atomic E-state index is 0.164. The lowest BCUT2D eigenvalue weighted by atomic mass is 9.60. The highest BCUT2D eigenvalue weighted by atomic mass is 32.1. The summed E-state index contributed by atoms with van der Waals surface area (Å²) in [6.45, 7) is 0. The zero-order valence-corrected chi connectivity index (χ0v) is 31.4. The Hall–Kier alpha value is -7.15. The average Bonchev–Trinajstić information content (AvgIpc) is 3.68. The third kappa shape index (κ3) is 5.11. The topological polar surface area (TPSA) is 64.5 Å². The minimum atomic E-state index is 0.164. The first-order valence-electron chi connectivity index (χ1n) is 19.2. The summed E-state index contributed by atoms with van der Waals surface area (Å²) in [7, 11) is 0. The van der Waals surface area contributed by atoms with E-state index in [0.717, 1.165) is 33.5 Å². The molecule has 0 saturated heterocycles. The van der Waals surface area contributed by atoms with Gasteiger partial charge in [-0.25, -0.2) is 15.0 Å². The van der Waals surface area contributed by atoms with Gasteiger partial charge in [0.2, 0.25) is 0 Å². The zero-order chi connectivity index (χ0) is 37.5.